The van der Waals surface area contributed by atoms with Gasteiger partial charge in [-0.25, -0.2) is 0 Å². The first-order valence-electron chi connectivity index (χ1n) is 5.79. The van der Waals surface area contributed by atoms with Crippen LogP contribution in [0.2, 0.25) is 0 Å². The molecule has 0 saturated carbocycles. The molecule has 0 aromatic heterocycles. The van der Waals surface area contributed by atoms with Crippen molar-refractivity contribution in [3.05, 3.63) is 42.5 Å². The number of nitrogens with zero attached hydrogens (tertiary/aromatic N) is 1. The van der Waals surface area contributed by atoms with E-state index in [-0.39, 0.29) is 11.9 Å². The Morgan fingerprint density at radius 3 is 2.65 bits per heavy atom. The SMILES string of the molecule is NC1CC(=O)N(c2cccc3ccccc23)C1. The van der Waals surface area contributed by atoms with Crippen molar-refractivity contribution in [1.29, 1.82) is 0 Å². The maximum Gasteiger partial charge on any atom is 0.228 e. The molecular weight excluding hydrogens is 212 g/mol. The number of benzene rings is 2. The summed E-state index contributed by atoms with van der Waals surface area (Å²) < 4.78 is 0. The molecule has 1 saturated heterocycles. The van der Waals surface area contributed by atoms with Crippen LogP contribution in [0, 0.1) is 0 Å². The Morgan fingerprint density at radius 2 is 1.88 bits per heavy atom. The van der Waals surface area contributed by atoms with E-state index in [2.05, 4.69) is 12.1 Å². The highest BCUT2D eigenvalue weighted by atomic mass is 16.2. The van der Waals surface area contributed by atoms with Crippen LogP contribution in [0.4, 0.5) is 5.69 Å². The maximum absolute atomic E-state index is 11.9. The lowest BCUT2D eigenvalue weighted by Gasteiger charge is -2.18. The lowest BCUT2D eigenvalue weighted by atomic mass is 10.1. The summed E-state index contributed by atoms with van der Waals surface area (Å²) in [5, 5.41) is 2.26. The van der Waals surface area contributed by atoms with Crippen LogP contribution in [0.25, 0.3) is 10.8 Å². The van der Waals surface area contributed by atoms with Crippen molar-refractivity contribution < 1.29 is 4.79 Å². The third kappa shape index (κ3) is 1.68. The molecule has 86 valence electrons. The first-order valence-corrected chi connectivity index (χ1v) is 5.79. The average Bonchev–Trinajstić information content (AvgIpc) is 2.68. The molecule has 17 heavy (non-hydrogen) atoms. The molecule has 0 aliphatic carbocycles. The predicted molar refractivity (Wildman–Crippen MR) is 68.9 cm³/mol. The van der Waals surface area contributed by atoms with Crippen molar-refractivity contribution in [2.24, 2.45) is 5.73 Å². The van der Waals surface area contributed by atoms with Crippen LogP contribution in [0.15, 0.2) is 42.5 Å². The lowest BCUT2D eigenvalue weighted by Crippen LogP contribution is -2.28. The molecule has 3 heteroatoms. The van der Waals surface area contributed by atoms with Gasteiger partial charge >= 0.3 is 0 Å². The van der Waals surface area contributed by atoms with Gasteiger partial charge in [-0.1, -0.05) is 36.4 Å². The summed E-state index contributed by atoms with van der Waals surface area (Å²) in [5.41, 5.74) is 6.81. The fourth-order valence-corrected chi connectivity index (χ4v) is 2.41. The van der Waals surface area contributed by atoms with Gasteiger partial charge in [0.1, 0.15) is 0 Å². The topological polar surface area (TPSA) is 46.3 Å². The van der Waals surface area contributed by atoms with E-state index in [0.717, 1.165) is 16.5 Å². The Bertz CT molecular complexity index is 574. The molecule has 3 rings (SSSR count). The van der Waals surface area contributed by atoms with Gasteiger partial charge in [0.05, 0.1) is 5.69 Å². The molecule has 0 bridgehead atoms. The molecule has 1 atom stereocenters. The van der Waals surface area contributed by atoms with Crippen LogP contribution < -0.4 is 10.6 Å². The van der Waals surface area contributed by atoms with Crippen molar-refractivity contribution in [1.82, 2.24) is 0 Å². The van der Waals surface area contributed by atoms with E-state index in [9.17, 15) is 4.79 Å². The summed E-state index contributed by atoms with van der Waals surface area (Å²) in [5.74, 6) is 0.119. The van der Waals surface area contributed by atoms with E-state index in [4.69, 9.17) is 5.73 Å². The quantitative estimate of drug-likeness (QED) is 0.807. The molecule has 1 aliphatic rings. The summed E-state index contributed by atoms with van der Waals surface area (Å²) in [6.45, 7) is 0.618. The van der Waals surface area contributed by atoms with Crippen molar-refractivity contribution in [2.75, 3.05) is 11.4 Å². The van der Waals surface area contributed by atoms with Gasteiger partial charge in [-0.15, -0.1) is 0 Å². The zero-order valence-electron chi connectivity index (χ0n) is 9.47. The van der Waals surface area contributed by atoms with E-state index < -0.39 is 0 Å². The van der Waals surface area contributed by atoms with Gasteiger partial charge in [-0.2, -0.15) is 0 Å². The number of carbonyl (C=O) groups excluding carboxylic acids is 1. The first kappa shape index (κ1) is 10.3. The molecule has 2 aromatic rings. The molecule has 2 N–H and O–H groups in total. The van der Waals surface area contributed by atoms with E-state index in [1.54, 1.807) is 4.90 Å². The Hall–Kier alpha value is -1.87. The van der Waals surface area contributed by atoms with Gasteiger partial charge in [0.2, 0.25) is 5.91 Å². The number of hydrogen-bond donors (Lipinski definition) is 1. The molecular formula is C14H14N2O. The number of nitrogens with two attached hydrogens (primary N) is 1. The molecule has 2 aromatic carbocycles. The highest BCUT2D eigenvalue weighted by Crippen LogP contribution is 2.29. The molecule has 1 aliphatic heterocycles. The van der Waals surface area contributed by atoms with E-state index in [0.29, 0.717) is 13.0 Å². The Morgan fingerprint density at radius 1 is 1.12 bits per heavy atom. The second-order valence-electron chi connectivity index (χ2n) is 4.47. The van der Waals surface area contributed by atoms with Crippen molar-refractivity contribution in [2.45, 2.75) is 12.5 Å². The lowest BCUT2D eigenvalue weighted by molar-refractivity contribution is -0.117. The van der Waals surface area contributed by atoms with Crippen molar-refractivity contribution in [3.8, 4) is 0 Å². The number of fused-ring (bicyclic) bond motifs is 1. The van der Waals surface area contributed by atoms with E-state index >= 15 is 0 Å². The minimum Gasteiger partial charge on any atom is -0.326 e. The average molecular weight is 226 g/mol. The number of amides is 1. The van der Waals surface area contributed by atoms with Crippen molar-refractivity contribution >= 4 is 22.4 Å². The predicted octanol–water partition coefficient (Wildman–Crippen LogP) is 1.90. The minimum atomic E-state index is -0.0403. The Kier molecular flexibility index (Phi) is 2.34. The standard InChI is InChI=1S/C14H14N2O/c15-11-8-14(17)16(9-11)13-7-3-5-10-4-1-2-6-12(10)13/h1-7,11H,8-9,15H2. The Labute approximate surface area is 99.8 Å². The molecule has 1 unspecified atom stereocenters. The molecule has 1 heterocycles. The molecule has 0 spiro atoms. The highest BCUT2D eigenvalue weighted by molar-refractivity contribution is 6.05. The fraction of sp³-hybridized carbons (Fsp3) is 0.214. The van der Waals surface area contributed by atoms with Crippen LogP contribution in [0.5, 0.6) is 0 Å². The number of hydrogen-bond acceptors (Lipinski definition) is 2. The highest BCUT2D eigenvalue weighted by Gasteiger charge is 2.28. The third-order valence-electron chi connectivity index (χ3n) is 3.21. The van der Waals surface area contributed by atoms with Crippen LogP contribution >= 0.6 is 0 Å². The number of carbonyl (C=O) groups is 1. The van der Waals surface area contributed by atoms with Crippen LogP contribution in [0.1, 0.15) is 6.42 Å². The van der Waals surface area contributed by atoms with Crippen molar-refractivity contribution in [3.63, 3.8) is 0 Å². The smallest absolute Gasteiger partial charge is 0.228 e. The summed E-state index contributed by atoms with van der Waals surface area (Å²) in [6, 6.07) is 14.1. The number of rotatable bonds is 1. The van der Waals surface area contributed by atoms with Crippen LogP contribution in [0.3, 0.4) is 0 Å². The zero-order valence-corrected chi connectivity index (χ0v) is 9.47. The minimum absolute atomic E-state index is 0.0403. The summed E-state index contributed by atoms with van der Waals surface area (Å²) in [7, 11) is 0. The monoisotopic (exact) mass is 226 g/mol. The summed E-state index contributed by atoms with van der Waals surface area (Å²) in [4.78, 5) is 13.7. The fourth-order valence-electron chi connectivity index (χ4n) is 2.41. The first-order chi connectivity index (χ1) is 8.25. The van der Waals surface area contributed by atoms with Gasteiger partial charge in [0.15, 0.2) is 0 Å². The van der Waals surface area contributed by atoms with Gasteiger partial charge in [-0.3, -0.25) is 4.79 Å². The van der Waals surface area contributed by atoms with E-state index in [1.807, 2.05) is 30.3 Å². The molecule has 1 amide bonds. The molecule has 1 fully saturated rings. The molecule has 3 nitrogen and oxygen atoms in total. The normalized spacial score (nSPS) is 20.2. The second kappa shape index (κ2) is 3.86. The van der Waals surface area contributed by atoms with Crippen LogP contribution in [-0.4, -0.2) is 18.5 Å². The molecule has 0 radical (unpaired) electrons. The van der Waals surface area contributed by atoms with Gasteiger partial charge in [0, 0.05) is 24.4 Å². The van der Waals surface area contributed by atoms with E-state index in [1.165, 1.54) is 0 Å². The summed E-state index contributed by atoms with van der Waals surface area (Å²) >= 11 is 0. The van der Waals surface area contributed by atoms with Crippen LogP contribution in [-0.2, 0) is 4.79 Å². The van der Waals surface area contributed by atoms with Gasteiger partial charge in [-0.05, 0) is 11.5 Å². The second-order valence-corrected chi connectivity index (χ2v) is 4.47. The summed E-state index contributed by atoms with van der Waals surface area (Å²) in [6.07, 6.45) is 0.448. The maximum atomic E-state index is 11.9. The third-order valence-corrected chi connectivity index (χ3v) is 3.21. The number of anilines is 1. The van der Waals surface area contributed by atoms with Gasteiger partial charge in [0.25, 0.3) is 0 Å². The largest absolute Gasteiger partial charge is 0.326 e. The van der Waals surface area contributed by atoms with Gasteiger partial charge < -0.3 is 10.6 Å². The zero-order chi connectivity index (χ0) is 11.8. The Balaban J connectivity index is 2.14.